The largest absolute Gasteiger partial charge is 0.497 e. The zero-order valence-corrected chi connectivity index (χ0v) is 14.5. The molecule has 0 radical (unpaired) electrons. The van der Waals surface area contributed by atoms with Gasteiger partial charge >= 0.3 is 6.03 Å². The molecule has 4 rings (SSSR count). The van der Waals surface area contributed by atoms with Crippen LogP contribution in [-0.4, -0.2) is 46.0 Å². The molecule has 3 amide bonds. The number of urea groups is 1. The second-order valence-corrected chi connectivity index (χ2v) is 7.18. The molecule has 2 aliphatic rings. The Kier molecular flexibility index (Phi) is 3.91. The molecule has 2 aromatic rings. The van der Waals surface area contributed by atoms with Gasteiger partial charge in [0.2, 0.25) is 5.89 Å². The van der Waals surface area contributed by atoms with Crippen molar-refractivity contribution in [1.29, 1.82) is 0 Å². The summed E-state index contributed by atoms with van der Waals surface area (Å²) in [7, 11) is 1.60. The highest BCUT2D eigenvalue weighted by molar-refractivity contribution is 7.99. The van der Waals surface area contributed by atoms with Crippen LogP contribution in [0.5, 0.6) is 5.75 Å². The molecule has 1 N–H and O–H groups in total. The van der Waals surface area contributed by atoms with Crippen molar-refractivity contribution in [3.05, 3.63) is 36.2 Å². The molecule has 130 valence electrons. The topological polar surface area (TPSA) is 84.7 Å². The minimum atomic E-state index is -0.732. The summed E-state index contributed by atoms with van der Waals surface area (Å²) in [5, 5.41) is 2.84. The fraction of sp³-hybridized carbons (Fsp3) is 0.353. The van der Waals surface area contributed by atoms with Crippen molar-refractivity contribution in [2.24, 2.45) is 0 Å². The molecule has 8 heteroatoms. The lowest BCUT2D eigenvalue weighted by Gasteiger charge is -2.18. The van der Waals surface area contributed by atoms with Gasteiger partial charge in [0.1, 0.15) is 17.6 Å². The van der Waals surface area contributed by atoms with Crippen molar-refractivity contribution in [2.45, 2.75) is 18.5 Å². The van der Waals surface area contributed by atoms with Crippen LogP contribution in [0.4, 0.5) is 4.79 Å². The molecule has 2 fully saturated rings. The third-order valence-electron chi connectivity index (χ3n) is 4.48. The van der Waals surface area contributed by atoms with Gasteiger partial charge in [-0.1, -0.05) is 0 Å². The van der Waals surface area contributed by atoms with Crippen molar-refractivity contribution >= 4 is 23.7 Å². The summed E-state index contributed by atoms with van der Waals surface area (Å²) >= 11 is 1.68. The number of aromatic nitrogens is 1. The third-order valence-corrected chi connectivity index (χ3v) is 5.67. The van der Waals surface area contributed by atoms with Gasteiger partial charge in [0.15, 0.2) is 0 Å². The minimum absolute atomic E-state index is 0.108. The van der Waals surface area contributed by atoms with Crippen molar-refractivity contribution in [2.75, 3.05) is 18.6 Å². The van der Waals surface area contributed by atoms with Crippen LogP contribution in [0.15, 0.2) is 34.9 Å². The smallest absolute Gasteiger partial charge is 0.325 e. The van der Waals surface area contributed by atoms with Crippen molar-refractivity contribution in [3.8, 4) is 17.2 Å². The summed E-state index contributed by atoms with van der Waals surface area (Å²) < 4.78 is 10.6. The number of nitrogens with zero attached hydrogens (tertiary/aromatic N) is 2. The number of nitrogens with one attached hydrogen (secondary N) is 1. The van der Waals surface area contributed by atoms with Crippen molar-refractivity contribution in [1.82, 2.24) is 15.2 Å². The highest BCUT2D eigenvalue weighted by atomic mass is 32.2. The molecular weight excluding hydrogens is 342 g/mol. The van der Waals surface area contributed by atoms with Crippen LogP contribution in [0, 0.1) is 0 Å². The second kappa shape index (κ2) is 6.11. The van der Waals surface area contributed by atoms with E-state index < -0.39 is 5.54 Å². The Morgan fingerprint density at radius 2 is 2.16 bits per heavy atom. The van der Waals surface area contributed by atoms with E-state index in [0.29, 0.717) is 23.8 Å². The van der Waals surface area contributed by atoms with Gasteiger partial charge in [0, 0.05) is 11.3 Å². The van der Waals surface area contributed by atoms with Crippen LogP contribution in [0.3, 0.4) is 0 Å². The van der Waals surface area contributed by atoms with E-state index in [1.165, 1.54) is 11.2 Å². The first kappa shape index (κ1) is 16.0. The Balaban J connectivity index is 1.51. The van der Waals surface area contributed by atoms with E-state index in [4.69, 9.17) is 9.15 Å². The van der Waals surface area contributed by atoms with E-state index in [9.17, 15) is 9.59 Å². The van der Waals surface area contributed by atoms with Crippen molar-refractivity contribution < 1.29 is 18.7 Å². The van der Waals surface area contributed by atoms with E-state index in [1.54, 1.807) is 18.9 Å². The zero-order valence-electron chi connectivity index (χ0n) is 13.7. The van der Waals surface area contributed by atoms with Gasteiger partial charge in [-0.25, -0.2) is 9.78 Å². The maximum absolute atomic E-state index is 12.6. The SMILES string of the molecule is COc1ccc(-c2nc(CN3C(=O)NC4(CCSC4)C3=O)co2)cc1. The average Bonchev–Trinajstić information content (AvgIpc) is 3.33. The van der Waals surface area contributed by atoms with Gasteiger partial charge < -0.3 is 14.5 Å². The first-order valence-corrected chi connectivity index (χ1v) is 9.07. The van der Waals surface area contributed by atoms with E-state index in [-0.39, 0.29) is 18.5 Å². The highest BCUT2D eigenvalue weighted by Crippen LogP contribution is 2.34. The van der Waals surface area contributed by atoms with Gasteiger partial charge in [0.25, 0.3) is 5.91 Å². The van der Waals surface area contributed by atoms with Crippen LogP contribution in [-0.2, 0) is 11.3 Å². The number of thioether (sulfide) groups is 1. The molecule has 1 spiro atoms. The van der Waals surface area contributed by atoms with E-state index in [1.807, 2.05) is 24.3 Å². The number of rotatable bonds is 4. The van der Waals surface area contributed by atoms with Gasteiger partial charge in [-0.15, -0.1) is 0 Å². The monoisotopic (exact) mass is 359 g/mol. The normalized spacial score (nSPS) is 22.7. The molecular formula is C17H17N3O4S. The minimum Gasteiger partial charge on any atom is -0.497 e. The summed E-state index contributed by atoms with van der Waals surface area (Å²) in [5.74, 6) is 2.53. The van der Waals surface area contributed by atoms with Gasteiger partial charge in [-0.3, -0.25) is 9.69 Å². The lowest BCUT2D eigenvalue weighted by atomic mass is 9.99. The van der Waals surface area contributed by atoms with E-state index >= 15 is 0 Å². The number of amides is 3. The van der Waals surface area contributed by atoms with E-state index in [0.717, 1.165) is 17.1 Å². The lowest BCUT2D eigenvalue weighted by Crippen LogP contribution is -2.46. The Morgan fingerprint density at radius 1 is 1.36 bits per heavy atom. The fourth-order valence-corrected chi connectivity index (χ4v) is 4.39. The molecule has 1 aromatic carbocycles. The quantitative estimate of drug-likeness (QED) is 0.843. The molecule has 1 atom stereocenters. The molecule has 0 bridgehead atoms. The predicted octanol–water partition coefficient (Wildman–Crippen LogP) is 2.28. The molecule has 7 nitrogen and oxygen atoms in total. The molecule has 1 aromatic heterocycles. The highest BCUT2D eigenvalue weighted by Gasteiger charge is 2.52. The van der Waals surface area contributed by atoms with Gasteiger partial charge in [0.05, 0.1) is 19.3 Å². The molecule has 0 saturated carbocycles. The van der Waals surface area contributed by atoms with E-state index in [2.05, 4.69) is 10.3 Å². The molecule has 3 heterocycles. The maximum atomic E-state index is 12.6. The first-order valence-electron chi connectivity index (χ1n) is 7.92. The van der Waals surface area contributed by atoms with Crippen LogP contribution < -0.4 is 10.1 Å². The van der Waals surface area contributed by atoms with Crippen molar-refractivity contribution in [3.63, 3.8) is 0 Å². The zero-order chi connectivity index (χ0) is 17.4. The third kappa shape index (κ3) is 2.76. The molecule has 0 aliphatic carbocycles. The Hall–Kier alpha value is -2.48. The Bertz CT molecular complexity index is 812. The summed E-state index contributed by atoms with van der Waals surface area (Å²) in [6.45, 7) is 0.108. The number of ether oxygens (including phenoxy) is 1. The number of hydrogen-bond acceptors (Lipinski definition) is 6. The summed E-state index contributed by atoms with van der Waals surface area (Å²) in [6, 6.07) is 6.96. The molecule has 2 aliphatic heterocycles. The van der Waals surface area contributed by atoms with Crippen LogP contribution in [0.1, 0.15) is 12.1 Å². The number of methoxy groups -OCH3 is 1. The number of oxazole rings is 1. The summed E-state index contributed by atoms with van der Waals surface area (Å²) in [6.07, 6.45) is 2.16. The Morgan fingerprint density at radius 3 is 2.84 bits per heavy atom. The van der Waals surface area contributed by atoms with Crippen LogP contribution in [0.2, 0.25) is 0 Å². The van der Waals surface area contributed by atoms with Crippen LogP contribution in [0.25, 0.3) is 11.5 Å². The first-order chi connectivity index (χ1) is 12.1. The fourth-order valence-electron chi connectivity index (χ4n) is 3.06. The Labute approximate surface area is 148 Å². The summed E-state index contributed by atoms with van der Waals surface area (Å²) in [4.78, 5) is 30.5. The molecule has 2 saturated heterocycles. The van der Waals surface area contributed by atoms with Gasteiger partial charge in [-0.05, 0) is 36.4 Å². The molecule has 1 unspecified atom stereocenters. The number of benzene rings is 1. The molecule has 25 heavy (non-hydrogen) atoms. The van der Waals surface area contributed by atoms with Crippen LogP contribution >= 0.6 is 11.8 Å². The lowest BCUT2D eigenvalue weighted by molar-refractivity contribution is -0.130. The number of hydrogen-bond donors (Lipinski definition) is 1. The second-order valence-electron chi connectivity index (χ2n) is 6.08. The maximum Gasteiger partial charge on any atom is 0.325 e. The number of carbonyl (C=O) groups is 2. The summed E-state index contributed by atoms with van der Waals surface area (Å²) in [5.41, 5.74) is 0.606. The number of imide groups is 1. The predicted molar refractivity (Wildman–Crippen MR) is 92.2 cm³/mol. The van der Waals surface area contributed by atoms with Gasteiger partial charge in [-0.2, -0.15) is 11.8 Å². The number of carbonyl (C=O) groups excluding carboxylic acids is 2. The standard InChI is InChI=1S/C17H17N3O4S/c1-23-13-4-2-11(3-5-13)14-18-12(9-24-14)8-20-15(21)17(19-16(20)22)6-7-25-10-17/h2-5,9H,6-8,10H2,1H3,(H,19,22). The average molecular weight is 359 g/mol.